The second-order valence-corrected chi connectivity index (χ2v) is 10.8. The fourth-order valence-corrected chi connectivity index (χ4v) is 5.35. The Morgan fingerprint density at radius 3 is 2.49 bits per heavy atom. The van der Waals surface area contributed by atoms with Crippen LogP contribution in [0, 0.1) is 11.6 Å². The molecule has 1 aromatic carbocycles. The van der Waals surface area contributed by atoms with Crippen LogP contribution in [0.15, 0.2) is 42.7 Å². The number of nitrogens with one attached hydrogen (secondary N) is 2. The van der Waals surface area contributed by atoms with Crippen LogP contribution in [0.5, 0.6) is 11.6 Å². The van der Waals surface area contributed by atoms with Crippen LogP contribution in [0.2, 0.25) is 0 Å². The summed E-state index contributed by atoms with van der Waals surface area (Å²) in [5.74, 6) is -2.92. The first kappa shape index (κ1) is 28.0. The first-order valence-electron chi connectivity index (χ1n) is 12.3. The monoisotopic (exact) mass is 562 g/mol. The van der Waals surface area contributed by atoms with Crippen molar-refractivity contribution in [2.24, 2.45) is 5.73 Å². The predicted molar refractivity (Wildman–Crippen MR) is 140 cm³/mol. The van der Waals surface area contributed by atoms with Gasteiger partial charge in [-0.2, -0.15) is 0 Å². The fraction of sp³-hybridized carbons (Fsp3) is 0.360. The van der Waals surface area contributed by atoms with Gasteiger partial charge in [-0.3, -0.25) is 4.72 Å². The number of benzene rings is 1. The van der Waals surface area contributed by atoms with Gasteiger partial charge in [0.25, 0.3) is 0 Å². The lowest BCUT2D eigenvalue weighted by Crippen LogP contribution is -2.32. The summed E-state index contributed by atoms with van der Waals surface area (Å²) < 4.78 is 66.3. The van der Waals surface area contributed by atoms with Crippen molar-refractivity contribution < 1.29 is 31.5 Å². The number of hydrogen-bond donors (Lipinski definition) is 3. The Kier molecular flexibility index (Phi) is 8.74. The quantitative estimate of drug-likeness (QED) is 0.321. The maximum absolute atomic E-state index is 14.8. The highest BCUT2D eigenvalue weighted by atomic mass is 32.2. The first-order chi connectivity index (χ1) is 18.6. The molecule has 4 rings (SSSR count). The third-order valence-corrected chi connectivity index (χ3v) is 7.43. The molecule has 39 heavy (non-hydrogen) atoms. The fourth-order valence-electron chi connectivity index (χ4n) is 4.23. The minimum absolute atomic E-state index is 0.0500. The highest BCUT2D eigenvalue weighted by molar-refractivity contribution is 7.92. The van der Waals surface area contributed by atoms with Crippen LogP contribution >= 0.6 is 0 Å². The molecule has 2 heterocycles. The second-order valence-electron chi connectivity index (χ2n) is 8.97. The van der Waals surface area contributed by atoms with Crippen molar-refractivity contribution in [3.05, 3.63) is 54.4 Å². The number of ether oxygens (including phenoxy) is 2. The summed E-state index contributed by atoms with van der Waals surface area (Å²) >= 11 is 0. The molecule has 0 bridgehead atoms. The number of pyridine rings is 1. The second kappa shape index (κ2) is 12.2. The average Bonchev–Trinajstić information content (AvgIpc) is 2.87. The van der Waals surface area contributed by atoms with E-state index < -0.39 is 33.5 Å². The summed E-state index contributed by atoms with van der Waals surface area (Å²) in [6, 6.07) is 6.58. The van der Waals surface area contributed by atoms with Gasteiger partial charge in [0.15, 0.2) is 11.6 Å². The summed E-state index contributed by atoms with van der Waals surface area (Å²) in [4.78, 5) is 23.8. The van der Waals surface area contributed by atoms with Gasteiger partial charge in [0.1, 0.15) is 6.10 Å². The van der Waals surface area contributed by atoms with Crippen LogP contribution in [-0.2, 0) is 14.8 Å². The largest absolute Gasteiger partial charge is 0.446 e. The summed E-state index contributed by atoms with van der Waals surface area (Å²) in [5, 5.41) is 3.25. The molecule has 2 aromatic heterocycles. The van der Waals surface area contributed by atoms with Gasteiger partial charge in [0.2, 0.25) is 27.6 Å². The molecule has 3 aromatic rings. The maximum Gasteiger partial charge on any atom is 0.404 e. The van der Waals surface area contributed by atoms with Crippen molar-refractivity contribution in [2.75, 3.05) is 15.8 Å². The van der Waals surface area contributed by atoms with Crippen LogP contribution in [0.4, 0.5) is 25.2 Å². The van der Waals surface area contributed by atoms with Crippen LogP contribution in [0.1, 0.15) is 39.0 Å². The Bertz CT molecular complexity index is 1410. The standard InChI is InChI=1S/C25H28F2N6O5S/c1-2-12-39(35,36)33-16-13-19(26)22(20(27)14-16)38-23-18(4-3-10-29-23)21-9-11-30-25(32-21)31-15-5-7-17(8-6-15)37-24(28)34/h3-4,9-11,13-15,17,33H,2,5-8,12H2,1H3,(H2,28,34)(H,30,31,32)/t15-,17-. The number of anilines is 2. The van der Waals surface area contributed by atoms with Crippen molar-refractivity contribution in [1.29, 1.82) is 0 Å². The Labute approximate surface area is 224 Å². The van der Waals surface area contributed by atoms with Crippen molar-refractivity contribution in [1.82, 2.24) is 15.0 Å². The molecule has 1 amide bonds. The molecule has 0 atom stereocenters. The summed E-state index contributed by atoms with van der Waals surface area (Å²) in [6.07, 6.45) is 5.01. The number of hydrogen-bond acceptors (Lipinski definition) is 9. The molecular formula is C25H28F2N6O5S. The zero-order valence-electron chi connectivity index (χ0n) is 21.1. The lowest BCUT2D eigenvalue weighted by molar-refractivity contribution is 0.0805. The minimum Gasteiger partial charge on any atom is -0.446 e. The molecule has 1 aliphatic rings. The molecule has 1 saturated carbocycles. The third kappa shape index (κ3) is 7.50. The van der Waals surface area contributed by atoms with E-state index in [1.54, 1.807) is 25.1 Å². The van der Waals surface area contributed by atoms with Gasteiger partial charge < -0.3 is 20.5 Å². The number of carbonyl (C=O) groups excluding carboxylic acids is 1. The Morgan fingerprint density at radius 2 is 1.82 bits per heavy atom. The van der Waals surface area contributed by atoms with Crippen LogP contribution < -0.4 is 20.5 Å². The maximum atomic E-state index is 14.8. The predicted octanol–water partition coefficient (Wildman–Crippen LogP) is 4.58. The summed E-state index contributed by atoms with van der Waals surface area (Å²) in [6.45, 7) is 1.67. The molecule has 0 unspecified atom stereocenters. The van der Waals surface area contributed by atoms with Gasteiger partial charge in [0, 0.05) is 30.6 Å². The number of sulfonamides is 1. The van der Waals surface area contributed by atoms with E-state index in [1.165, 1.54) is 12.4 Å². The van der Waals surface area contributed by atoms with Gasteiger partial charge in [-0.25, -0.2) is 36.9 Å². The van der Waals surface area contributed by atoms with E-state index in [1.807, 2.05) is 0 Å². The van der Waals surface area contributed by atoms with Crippen LogP contribution in [-0.4, -0.2) is 47.4 Å². The summed E-state index contributed by atoms with van der Waals surface area (Å²) in [5.41, 5.74) is 5.58. The molecule has 0 aliphatic heterocycles. The van der Waals surface area contributed by atoms with E-state index in [0.29, 0.717) is 36.5 Å². The molecule has 0 radical (unpaired) electrons. The summed E-state index contributed by atoms with van der Waals surface area (Å²) in [7, 11) is -3.74. The molecule has 1 aliphatic carbocycles. The van der Waals surface area contributed by atoms with Crippen molar-refractivity contribution in [3.8, 4) is 22.9 Å². The topological polar surface area (TPSA) is 158 Å². The molecule has 208 valence electrons. The highest BCUT2D eigenvalue weighted by Crippen LogP contribution is 2.35. The Morgan fingerprint density at radius 1 is 1.10 bits per heavy atom. The number of amides is 1. The Balaban J connectivity index is 1.51. The van der Waals surface area contributed by atoms with Gasteiger partial charge in [-0.15, -0.1) is 0 Å². The van der Waals surface area contributed by atoms with Gasteiger partial charge in [-0.1, -0.05) is 6.92 Å². The smallest absolute Gasteiger partial charge is 0.404 e. The van der Waals surface area contributed by atoms with Gasteiger partial charge in [-0.05, 0) is 50.3 Å². The number of nitrogens with two attached hydrogens (primary N) is 1. The zero-order valence-corrected chi connectivity index (χ0v) is 21.9. The number of aromatic nitrogens is 3. The van der Waals surface area contributed by atoms with E-state index in [-0.39, 0.29) is 29.5 Å². The molecule has 4 N–H and O–H groups in total. The zero-order chi connectivity index (χ0) is 28.0. The molecule has 11 nitrogen and oxygen atoms in total. The van der Waals surface area contributed by atoms with E-state index in [2.05, 4.69) is 25.0 Å². The average molecular weight is 563 g/mol. The minimum atomic E-state index is -3.74. The third-order valence-electron chi connectivity index (χ3n) is 5.94. The van der Waals surface area contributed by atoms with Gasteiger partial charge >= 0.3 is 6.09 Å². The van der Waals surface area contributed by atoms with Crippen LogP contribution in [0.25, 0.3) is 11.3 Å². The number of carbonyl (C=O) groups is 1. The van der Waals surface area contributed by atoms with Crippen molar-refractivity contribution >= 4 is 27.8 Å². The van der Waals surface area contributed by atoms with Gasteiger partial charge in [0.05, 0.1) is 22.7 Å². The van der Waals surface area contributed by atoms with Crippen LogP contribution in [0.3, 0.4) is 0 Å². The molecule has 14 heteroatoms. The highest BCUT2D eigenvalue weighted by Gasteiger charge is 2.24. The number of primary amides is 1. The van der Waals surface area contributed by atoms with E-state index in [4.69, 9.17) is 15.2 Å². The molecule has 0 saturated heterocycles. The van der Waals surface area contributed by atoms with Crippen molar-refractivity contribution in [3.63, 3.8) is 0 Å². The van der Waals surface area contributed by atoms with E-state index >= 15 is 0 Å². The number of rotatable bonds is 10. The van der Waals surface area contributed by atoms with Crippen molar-refractivity contribution in [2.45, 2.75) is 51.2 Å². The molecule has 0 spiro atoms. The van der Waals surface area contributed by atoms with E-state index in [0.717, 1.165) is 25.0 Å². The normalized spacial score (nSPS) is 17.3. The SMILES string of the molecule is CCCS(=O)(=O)Nc1cc(F)c(Oc2ncccc2-c2ccnc(N[C@H]3CC[C@H](OC(N)=O)CC3)n2)c(F)c1. The number of nitrogens with zero attached hydrogens (tertiary/aromatic N) is 3. The molecular weight excluding hydrogens is 534 g/mol. The lowest BCUT2D eigenvalue weighted by Gasteiger charge is -2.28. The lowest BCUT2D eigenvalue weighted by atomic mass is 9.93. The first-order valence-corrected chi connectivity index (χ1v) is 14.0. The van der Waals surface area contributed by atoms with E-state index in [9.17, 15) is 22.0 Å². The Hall–Kier alpha value is -4.07. The number of halogens is 2. The molecule has 1 fully saturated rings.